The molecule has 0 bridgehead atoms. The van der Waals surface area contributed by atoms with E-state index in [1.54, 1.807) is 50.3 Å². The molecule has 0 aromatic heterocycles. The van der Waals surface area contributed by atoms with Crippen LogP contribution < -0.4 is 14.4 Å². The number of ether oxygens (including phenoxy) is 3. The highest BCUT2D eigenvalue weighted by Crippen LogP contribution is 2.37. The summed E-state index contributed by atoms with van der Waals surface area (Å²) in [7, 11) is 4.38. The molecule has 6 heteroatoms. The van der Waals surface area contributed by atoms with Gasteiger partial charge in [-0.1, -0.05) is 18.2 Å². The van der Waals surface area contributed by atoms with Crippen molar-refractivity contribution in [2.45, 2.75) is 6.92 Å². The number of methoxy groups -OCH3 is 3. The summed E-state index contributed by atoms with van der Waals surface area (Å²) in [4.78, 5) is 27.1. The van der Waals surface area contributed by atoms with E-state index in [2.05, 4.69) is 0 Å². The van der Waals surface area contributed by atoms with Gasteiger partial charge in [0.2, 0.25) is 5.78 Å². The van der Waals surface area contributed by atoms with Gasteiger partial charge in [-0.05, 0) is 37.3 Å². The number of Topliss-reactive ketones (excluding diaryl/α,β-unsaturated/α-hetero) is 1. The largest absolute Gasteiger partial charge is 0.497 e. The van der Waals surface area contributed by atoms with Crippen LogP contribution in [-0.4, -0.2) is 33.1 Å². The van der Waals surface area contributed by atoms with Crippen LogP contribution in [0.3, 0.4) is 0 Å². The van der Waals surface area contributed by atoms with Crippen molar-refractivity contribution in [3.05, 3.63) is 71.1 Å². The zero-order valence-corrected chi connectivity index (χ0v) is 16.2. The second kappa shape index (κ2) is 8.00. The predicted octanol–water partition coefficient (Wildman–Crippen LogP) is 3.58. The van der Waals surface area contributed by atoms with Gasteiger partial charge in [-0.3, -0.25) is 4.79 Å². The van der Waals surface area contributed by atoms with E-state index in [1.807, 2.05) is 30.3 Å². The van der Waals surface area contributed by atoms with Crippen molar-refractivity contribution in [2.75, 3.05) is 26.2 Å². The van der Waals surface area contributed by atoms with Crippen LogP contribution in [0, 0.1) is 0 Å². The highest BCUT2D eigenvalue weighted by Gasteiger charge is 2.38. The number of carbonyl (C=O) groups is 2. The van der Waals surface area contributed by atoms with Crippen molar-refractivity contribution in [2.24, 2.45) is 0 Å². The van der Waals surface area contributed by atoms with Crippen LogP contribution >= 0.6 is 0 Å². The zero-order valence-electron chi connectivity index (χ0n) is 16.2. The fourth-order valence-electron chi connectivity index (χ4n) is 3.15. The first-order valence-electron chi connectivity index (χ1n) is 8.64. The van der Waals surface area contributed by atoms with Crippen LogP contribution in [0.1, 0.15) is 12.5 Å². The predicted molar refractivity (Wildman–Crippen MR) is 106 cm³/mol. The molecule has 0 saturated carbocycles. The first-order valence-corrected chi connectivity index (χ1v) is 8.64. The maximum atomic E-state index is 13.1. The highest BCUT2D eigenvalue weighted by atomic mass is 16.5. The number of nitrogens with zero attached hydrogens (tertiary/aromatic N) is 1. The van der Waals surface area contributed by atoms with Crippen LogP contribution in [0.2, 0.25) is 0 Å². The monoisotopic (exact) mass is 379 g/mol. The number of rotatable bonds is 5. The molecule has 1 heterocycles. The molecule has 0 atom stereocenters. The molecule has 0 amide bonds. The maximum Gasteiger partial charge on any atom is 0.343 e. The van der Waals surface area contributed by atoms with Gasteiger partial charge in [0.05, 0.1) is 27.0 Å². The fourth-order valence-corrected chi connectivity index (χ4v) is 3.15. The van der Waals surface area contributed by atoms with Crippen LogP contribution in [0.15, 0.2) is 65.5 Å². The third-order valence-electron chi connectivity index (χ3n) is 4.53. The van der Waals surface area contributed by atoms with Crippen molar-refractivity contribution in [1.82, 2.24) is 0 Å². The number of esters is 1. The molecule has 0 fully saturated rings. The molecule has 0 aliphatic carbocycles. The van der Waals surface area contributed by atoms with Crippen LogP contribution in [-0.2, 0) is 14.3 Å². The summed E-state index contributed by atoms with van der Waals surface area (Å²) in [5, 5.41) is 0. The summed E-state index contributed by atoms with van der Waals surface area (Å²) in [6, 6.07) is 14.7. The zero-order chi connectivity index (χ0) is 20.3. The van der Waals surface area contributed by atoms with Crippen LogP contribution in [0.5, 0.6) is 11.5 Å². The van der Waals surface area contributed by atoms with Crippen molar-refractivity contribution < 1.29 is 23.8 Å². The van der Waals surface area contributed by atoms with Crippen molar-refractivity contribution in [3.8, 4) is 11.5 Å². The molecule has 0 saturated heterocycles. The molecule has 28 heavy (non-hydrogen) atoms. The second-order valence-corrected chi connectivity index (χ2v) is 6.09. The van der Waals surface area contributed by atoms with E-state index in [0.29, 0.717) is 28.5 Å². The minimum atomic E-state index is -0.659. The lowest BCUT2D eigenvalue weighted by Gasteiger charge is -2.21. The van der Waals surface area contributed by atoms with Gasteiger partial charge in [-0.15, -0.1) is 0 Å². The Balaban J connectivity index is 2.17. The standard InChI is InChI=1S/C22H21NO5/c1-14-20(22(25)28-4)21(24)18(23(14)16-8-6-5-7-9-16)12-15-10-11-17(26-2)13-19(15)27-3/h5-13H,1-4H3/b18-12+. The number of anilines is 1. The van der Waals surface area contributed by atoms with Gasteiger partial charge in [-0.2, -0.15) is 0 Å². The number of carbonyl (C=O) groups excluding carboxylic acids is 2. The van der Waals surface area contributed by atoms with Crippen molar-refractivity contribution in [1.29, 1.82) is 0 Å². The van der Waals surface area contributed by atoms with Gasteiger partial charge in [0.1, 0.15) is 17.1 Å². The summed E-state index contributed by atoms with van der Waals surface area (Å²) in [6.07, 6.45) is 1.70. The lowest BCUT2D eigenvalue weighted by atomic mass is 10.1. The fraction of sp³-hybridized carbons (Fsp3) is 0.182. The van der Waals surface area contributed by atoms with E-state index in [4.69, 9.17) is 14.2 Å². The summed E-state index contributed by atoms with van der Waals surface area (Å²) in [5.41, 5.74) is 2.33. The van der Waals surface area contributed by atoms with Gasteiger partial charge in [-0.25, -0.2) is 4.79 Å². The Hall–Kier alpha value is -3.54. The Morgan fingerprint density at radius 2 is 1.71 bits per heavy atom. The molecular formula is C22H21NO5. The molecule has 1 aliphatic heterocycles. The number of allylic oxidation sites excluding steroid dienone is 2. The van der Waals surface area contributed by atoms with E-state index in [9.17, 15) is 9.59 Å². The highest BCUT2D eigenvalue weighted by molar-refractivity contribution is 6.30. The summed E-state index contributed by atoms with van der Waals surface area (Å²) < 4.78 is 15.5. The first-order chi connectivity index (χ1) is 13.5. The van der Waals surface area contributed by atoms with Gasteiger partial charge in [0.25, 0.3) is 0 Å². The van der Waals surface area contributed by atoms with Crippen molar-refractivity contribution in [3.63, 3.8) is 0 Å². The van der Waals surface area contributed by atoms with Gasteiger partial charge >= 0.3 is 5.97 Å². The molecule has 0 spiro atoms. The molecule has 6 nitrogen and oxygen atoms in total. The maximum absolute atomic E-state index is 13.1. The van der Waals surface area contributed by atoms with Crippen LogP contribution in [0.25, 0.3) is 6.08 Å². The quantitative estimate of drug-likeness (QED) is 0.449. The molecule has 1 aliphatic rings. The summed E-state index contributed by atoms with van der Waals surface area (Å²) >= 11 is 0. The van der Waals surface area contributed by atoms with Gasteiger partial charge in [0.15, 0.2) is 0 Å². The van der Waals surface area contributed by atoms with Crippen LogP contribution in [0.4, 0.5) is 5.69 Å². The molecular weight excluding hydrogens is 358 g/mol. The Morgan fingerprint density at radius 3 is 2.32 bits per heavy atom. The smallest absolute Gasteiger partial charge is 0.343 e. The number of hydrogen-bond acceptors (Lipinski definition) is 6. The summed E-state index contributed by atoms with van der Waals surface area (Å²) in [6.45, 7) is 1.73. The molecule has 2 aromatic rings. The molecule has 2 aromatic carbocycles. The third-order valence-corrected chi connectivity index (χ3v) is 4.53. The SMILES string of the molecule is COC(=O)C1=C(C)N(c2ccccc2)/C(=C/c2ccc(OC)cc2OC)C1=O. The van der Waals surface area contributed by atoms with E-state index < -0.39 is 11.8 Å². The average molecular weight is 379 g/mol. The number of benzene rings is 2. The Kier molecular flexibility index (Phi) is 5.49. The lowest BCUT2D eigenvalue weighted by molar-refractivity contribution is -0.137. The molecule has 3 rings (SSSR count). The number of ketones is 1. The topological polar surface area (TPSA) is 65.1 Å². The number of hydrogen-bond donors (Lipinski definition) is 0. The molecule has 0 N–H and O–H groups in total. The minimum absolute atomic E-state index is 0.0186. The molecule has 144 valence electrons. The van der Waals surface area contributed by atoms with Gasteiger partial charge in [0, 0.05) is 23.0 Å². The van der Waals surface area contributed by atoms with Gasteiger partial charge < -0.3 is 19.1 Å². The number of para-hydroxylation sites is 1. The summed E-state index contributed by atoms with van der Waals surface area (Å²) in [5.74, 6) is 0.137. The van der Waals surface area contributed by atoms with E-state index >= 15 is 0 Å². The van der Waals surface area contributed by atoms with Crippen molar-refractivity contribution >= 4 is 23.5 Å². The lowest BCUT2D eigenvalue weighted by Crippen LogP contribution is -2.18. The second-order valence-electron chi connectivity index (χ2n) is 6.09. The van der Waals surface area contributed by atoms with E-state index in [1.165, 1.54) is 7.11 Å². The Bertz CT molecular complexity index is 976. The minimum Gasteiger partial charge on any atom is -0.497 e. The van der Waals surface area contributed by atoms with E-state index in [-0.39, 0.29) is 5.57 Å². The molecule has 0 radical (unpaired) electrons. The third kappa shape index (κ3) is 3.36. The average Bonchev–Trinajstić information content (AvgIpc) is 2.97. The Morgan fingerprint density at radius 1 is 1.00 bits per heavy atom. The first kappa shape index (κ1) is 19.2. The molecule has 0 unspecified atom stereocenters. The Labute approximate surface area is 163 Å². The normalized spacial score (nSPS) is 15.2. The van der Waals surface area contributed by atoms with E-state index in [0.717, 1.165) is 5.69 Å².